The van der Waals surface area contributed by atoms with E-state index in [4.69, 9.17) is 4.74 Å². The Morgan fingerprint density at radius 1 is 1.08 bits per heavy atom. The monoisotopic (exact) mass is 386 g/mol. The van der Waals surface area contributed by atoms with Crippen molar-refractivity contribution in [2.24, 2.45) is 0 Å². The number of thiophene rings is 2. The summed E-state index contributed by atoms with van der Waals surface area (Å²) in [5.41, 5.74) is 1.38. The number of hydrogen-bond donors (Lipinski definition) is 2. The van der Waals surface area contributed by atoms with Crippen LogP contribution in [-0.2, 0) is 6.54 Å². The Morgan fingerprint density at radius 2 is 1.88 bits per heavy atom. The summed E-state index contributed by atoms with van der Waals surface area (Å²) < 4.78 is 5.37. The van der Waals surface area contributed by atoms with Crippen LogP contribution in [0.15, 0.2) is 53.2 Å². The van der Waals surface area contributed by atoms with Gasteiger partial charge in [0.2, 0.25) is 5.78 Å². The summed E-state index contributed by atoms with van der Waals surface area (Å²) in [6.45, 7) is 2.89. The zero-order valence-electron chi connectivity index (χ0n) is 14.2. The first-order valence-corrected chi connectivity index (χ1v) is 9.85. The number of ether oxygens (including phenoxy) is 1. The number of carbonyl (C=O) groups is 2. The van der Waals surface area contributed by atoms with E-state index in [-0.39, 0.29) is 11.8 Å². The smallest absolute Gasteiger partial charge is 0.319 e. The van der Waals surface area contributed by atoms with E-state index >= 15 is 0 Å². The van der Waals surface area contributed by atoms with Crippen molar-refractivity contribution < 1.29 is 14.3 Å². The standard InChI is InChI=1S/C19H18N2O3S2/c1-2-24-15-5-3-14(4-6-15)21-19(23)20-11-16-7-8-17(26-16)18(22)13-9-10-25-12-13/h3-10,12H,2,11H2,1H3,(H2,20,21,23). The first-order valence-electron chi connectivity index (χ1n) is 8.09. The minimum absolute atomic E-state index is 0.0151. The lowest BCUT2D eigenvalue weighted by atomic mass is 10.2. The Hall–Kier alpha value is -2.64. The average Bonchev–Trinajstić information content (AvgIpc) is 3.33. The molecule has 7 heteroatoms. The van der Waals surface area contributed by atoms with Crippen LogP contribution in [0.2, 0.25) is 0 Å². The minimum atomic E-state index is -0.298. The van der Waals surface area contributed by atoms with Crippen molar-refractivity contribution in [2.45, 2.75) is 13.5 Å². The number of hydrogen-bond acceptors (Lipinski definition) is 5. The molecule has 2 N–H and O–H groups in total. The van der Waals surface area contributed by atoms with Crippen molar-refractivity contribution in [3.8, 4) is 5.75 Å². The fraction of sp³-hybridized carbons (Fsp3) is 0.158. The van der Waals surface area contributed by atoms with Gasteiger partial charge in [-0.25, -0.2) is 4.79 Å². The molecule has 0 spiro atoms. The van der Waals surface area contributed by atoms with Crippen LogP contribution in [0.25, 0.3) is 0 Å². The summed E-state index contributed by atoms with van der Waals surface area (Å²) in [6.07, 6.45) is 0. The van der Waals surface area contributed by atoms with Gasteiger partial charge in [-0.3, -0.25) is 4.79 Å². The van der Waals surface area contributed by atoms with Gasteiger partial charge in [-0.05, 0) is 54.8 Å². The lowest BCUT2D eigenvalue weighted by Crippen LogP contribution is -2.27. The molecule has 0 bridgehead atoms. The molecule has 0 aliphatic heterocycles. The highest BCUT2D eigenvalue weighted by Crippen LogP contribution is 2.21. The number of benzene rings is 1. The predicted octanol–water partition coefficient (Wildman–Crippen LogP) is 4.76. The van der Waals surface area contributed by atoms with Gasteiger partial charge in [-0.15, -0.1) is 11.3 Å². The van der Waals surface area contributed by atoms with Gasteiger partial charge in [0.15, 0.2) is 0 Å². The molecule has 0 saturated carbocycles. The maximum Gasteiger partial charge on any atom is 0.319 e. The quantitative estimate of drug-likeness (QED) is 0.575. The lowest BCUT2D eigenvalue weighted by molar-refractivity contribution is 0.104. The number of carbonyl (C=O) groups excluding carboxylic acids is 2. The molecule has 0 radical (unpaired) electrons. The Balaban J connectivity index is 1.51. The molecular weight excluding hydrogens is 368 g/mol. The van der Waals surface area contributed by atoms with E-state index in [2.05, 4.69) is 10.6 Å². The van der Waals surface area contributed by atoms with Gasteiger partial charge in [0, 0.05) is 21.5 Å². The molecular formula is C19H18N2O3S2. The molecule has 0 aliphatic rings. The van der Waals surface area contributed by atoms with Gasteiger partial charge < -0.3 is 15.4 Å². The van der Waals surface area contributed by atoms with Crippen molar-refractivity contribution in [1.82, 2.24) is 5.32 Å². The van der Waals surface area contributed by atoms with E-state index in [1.807, 2.05) is 29.8 Å². The lowest BCUT2D eigenvalue weighted by Gasteiger charge is -2.08. The van der Waals surface area contributed by atoms with Crippen LogP contribution in [0.5, 0.6) is 5.75 Å². The Bertz CT molecular complexity index is 871. The number of ketones is 1. The van der Waals surface area contributed by atoms with Gasteiger partial charge in [0.05, 0.1) is 18.0 Å². The van der Waals surface area contributed by atoms with Crippen molar-refractivity contribution in [2.75, 3.05) is 11.9 Å². The number of amides is 2. The molecule has 2 aromatic heterocycles. The maximum atomic E-state index is 12.3. The number of urea groups is 1. The molecule has 134 valence electrons. The van der Waals surface area contributed by atoms with Crippen LogP contribution in [0, 0.1) is 0 Å². The second-order valence-electron chi connectivity index (χ2n) is 5.37. The second-order valence-corrected chi connectivity index (χ2v) is 7.32. The van der Waals surface area contributed by atoms with Crippen LogP contribution in [0.1, 0.15) is 27.0 Å². The van der Waals surface area contributed by atoms with E-state index in [9.17, 15) is 9.59 Å². The third-order valence-corrected chi connectivity index (χ3v) is 5.28. The number of nitrogens with one attached hydrogen (secondary N) is 2. The molecule has 2 heterocycles. The second kappa shape index (κ2) is 8.64. The van der Waals surface area contributed by atoms with E-state index in [0.717, 1.165) is 10.6 Å². The molecule has 0 aliphatic carbocycles. The average molecular weight is 386 g/mol. The van der Waals surface area contributed by atoms with Crippen molar-refractivity contribution in [3.63, 3.8) is 0 Å². The molecule has 3 rings (SSSR count). The largest absolute Gasteiger partial charge is 0.494 e. The zero-order valence-corrected chi connectivity index (χ0v) is 15.8. The molecule has 0 atom stereocenters. The van der Waals surface area contributed by atoms with Crippen LogP contribution in [0.3, 0.4) is 0 Å². The highest BCUT2D eigenvalue weighted by molar-refractivity contribution is 7.14. The van der Waals surface area contributed by atoms with Gasteiger partial charge in [-0.2, -0.15) is 11.3 Å². The fourth-order valence-electron chi connectivity index (χ4n) is 2.27. The van der Waals surface area contributed by atoms with Crippen LogP contribution in [0.4, 0.5) is 10.5 Å². The van der Waals surface area contributed by atoms with Crippen molar-refractivity contribution in [1.29, 1.82) is 0 Å². The summed E-state index contributed by atoms with van der Waals surface area (Å²) in [7, 11) is 0. The Morgan fingerprint density at radius 3 is 2.58 bits per heavy atom. The first-order chi connectivity index (χ1) is 12.7. The van der Waals surface area contributed by atoms with Gasteiger partial charge >= 0.3 is 6.03 Å². The van der Waals surface area contributed by atoms with E-state index in [0.29, 0.717) is 29.3 Å². The molecule has 0 fully saturated rings. The molecule has 26 heavy (non-hydrogen) atoms. The Labute approximate surface area is 159 Å². The summed E-state index contributed by atoms with van der Waals surface area (Å²) in [6, 6.07) is 12.4. The van der Waals surface area contributed by atoms with Crippen molar-refractivity contribution >= 4 is 40.2 Å². The highest BCUT2D eigenvalue weighted by atomic mass is 32.1. The fourth-order valence-corrected chi connectivity index (χ4v) is 3.82. The third-order valence-electron chi connectivity index (χ3n) is 3.52. The molecule has 5 nitrogen and oxygen atoms in total. The Kier molecular flexibility index (Phi) is 6.04. The number of rotatable bonds is 7. The van der Waals surface area contributed by atoms with Gasteiger partial charge in [0.1, 0.15) is 5.75 Å². The SMILES string of the molecule is CCOc1ccc(NC(=O)NCc2ccc(C(=O)c3ccsc3)s2)cc1. The molecule has 0 unspecified atom stereocenters. The van der Waals surface area contributed by atoms with E-state index in [1.165, 1.54) is 22.7 Å². The summed E-state index contributed by atoms with van der Waals surface area (Å²) in [4.78, 5) is 25.9. The maximum absolute atomic E-state index is 12.3. The van der Waals surface area contributed by atoms with Crippen molar-refractivity contribution in [3.05, 3.63) is 68.5 Å². The molecule has 2 amide bonds. The number of anilines is 1. The van der Waals surface area contributed by atoms with Gasteiger partial charge in [-0.1, -0.05) is 0 Å². The summed E-state index contributed by atoms with van der Waals surface area (Å²) >= 11 is 2.89. The van der Waals surface area contributed by atoms with E-state index in [1.54, 1.807) is 30.3 Å². The normalized spacial score (nSPS) is 10.3. The first kappa shape index (κ1) is 18.2. The zero-order chi connectivity index (χ0) is 18.4. The summed E-state index contributed by atoms with van der Waals surface area (Å²) in [5, 5.41) is 9.28. The highest BCUT2D eigenvalue weighted by Gasteiger charge is 2.12. The van der Waals surface area contributed by atoms with E-state index < -0.39 is 0 Å². The van der Waals surface area contributed by atoms with Crippen LogP contribution >= 0.6 is 22.7 Å². The topological polar surface area (TPSA) is 67.4 Å². The van der Waals surface area contributed by atoms with Crippen LogP contribution < -0.4 is 15.4 Å². The third kappa shape index (κ3) is 4.71. The molecule has 1 aromatic carbocycles. The summed E-state index contributed by atoms with van der Waals surface area (Å²) in [5.74, 6) is 0.779. The van der Waals surface area contributed by atoms with Gasteiger partial charge in [0.25, 0.3) is 0 Å². The molecule has 3 aromatic rings. The molecule has 0 saturated heterocycles. The minimum Gasteiger partial charge on any atom is -0.494 e. The predicted molar refractivity (Wildman–Crippen MR) is 106 cm³/mol. The van der Waals surface area contributed by atoms with Crippen LogP contribution in [-0.4, -0.2) is 18.4 Å².